The van der Waals surface area contributed by atoms with Crippen molar-refractivity contribution in [1.29, 1.82) is 0 Å². The molecule has 3 rings (SSSR count). The largest absolute Gasteiger partial charge is 0.490 e. The predicted octanol–water partition coefficient (Wildman–Crippen LogP) is 3.22. The maximum absolute atomic E-state index is 13.6. The lowest BCUT2D eigenvalue weighted by molar-refractivity contribution is -0.147. The topological polar surface area (TPSA) is 152 Å². The van der Waals surface area contributed by atoms with Gasteiger partial charge in [0.05, 0.1) is 14.0 Å². The summed E-state index contributed by atoms with van der Waals surface area (Å²) in [5.74, 6) is -1.40. The Morgan fingerprint density at radius 1 is 0.795 bits per heavy atom. The van der Waals surface area contributed by atoms with Gasteiger partial charge in [-0.1, -0.05) is 63.4 Å². The lowest BCUT2D eigenvalue weighted by Crippen LogP contribution is -2.42. The molecule has 2 aliphatic rings. The number of aliphatic hydroxyl groups excluding tert-OH is 2. The fraction of sp³-hybridized carbons (Fsp3) is 0.467. The van der Waals surface area contributed by atoms with Crippen LogP contribution in [0.2, 0.25) is 0 Å². The monoisotopic (exact) mass is 650 g/mol. The molecule has 2 unspecified atom stereocenters. The minimum atomic E-state index is -1.13. The van der Waals surface area contributed by atoms with Crippen LogP contribution in [-0.4, -0.2) is 95.7 Å². The van der Waals surface area contributed by atoms with Crippen LogP contribution in [0.1, 0.15) is 39.5 Å². The fourth-order valence-electron chi connectivity index (χ4n) is 4.00. The van der Waals surface area contributed by atoms with Gasteiger partial charge in [-0.3, -0.25) is 9.59 Å². The first-order valence-corrected chi connectivity index (χ1v) is 15.9. The third kappa shape index (κ3) is 9.03. The number of amides is 2. The van der Waals surface area contributed by atoms with Crippen molar-refractivity contribution < 1.29 is 48.3 Å². The number of carbonyl (C=O) groups is 4. The number of nitrogens with zero attached hydrogens (tertiary/aromatic N) is 2. The van der Waals surface area contributed by atoms with Crippen LogP contribution in [0, 0.1) is 0 Å². The van der Waals surface area contributed by atoms with E-state index in [9.17, 15) is 29.4 Å². The van der Waals surface area contributed by atoms with Gasteiger partial charge in [0.15, 0.2) is 0 Å². The molecule has 0 aliphatic carbocycles. The molecule has 2 amide bonds. The Labute approximate surface area is 265 Å². The average molecular weight is 651 g/mol. The number of carbonyl (C=O) groups excluding carboxylic acids is 4. The predicted molar refractivity (Wildman–Crippen MR) is 164 cm³/mol. The van der Waals surface area contributed by atoms with Gasteiger partial charge in [-0.25, -0.2) is 19.6 Å². The molecule has 1 saturated heterocycles. The third-order valence-corrected chi connectivity index (χ3v) is 8.93. The Bertz CT molecular complexity index is 1190. The lowest BCUT2D eigenvalue weighted by atomic mass is 10.3. The molecule has 44 heavy (non-hydrogen) atoms. The second kappa shape index (κ2) is 17.1. The van der Waals surface area contributed by atoms with Gasteiger partial charge >= 0.3 is 11.9 Å². The van der Waals surface area contributed by atoms with E-state index in [-0.39, 0.29) is 43.8 Å². The first-order chi connectivity index (χ1) is 21.1. The van der Waals surface area contributed by atoms with E-state index >= 15 is 0 Å². The number of ether oxygens (including phenoxy) is 4. The molecule has 2 aliphatic heterocycles. The van der Waals surface area contributed by atoms with Crippen LogP contribution >= 0.6 is 23.5 Å². The molecule has 0 aromatic heterocycles. The molecule has 2 atom stereocenters. The summed E-state index contributed by atoms with van der Waals surface area (Å²) in [7, 11) is 0. The Balaban J connectivity index is 1.89. The van der Waals surface area contributed by atoms with Crippen LogP contribution in [-0.2, 0) is 28.7 Å². The summed E-state index contributed by atoms with van der Waals surface area (Å²) in [6.45, 7) is 10.5. The lowest BCUT2D eigenvalue weighted by Gasteiger charge is -2.27. The second-order valence-corrected chi connectivity index (χ2v) is 12.0. The number of hydrazine groups is 1. The number of fused-ring (bicyclic) bond motifs is 1. The van der Waals surface area contributed by atoms with E-state index in [1.165, 1.54) is 33.5 Å². The molecule has 1 aromatic rings. The van der Waals surface area contributed by atoms with E-state index in [1.54, 1.807) is 12.1 Å². The summed E-state index contributed by atoms with van der Waals surface area (Å²) in [6.07, 6.45) is 2.92. The van der Waals surface area contributed by atoms with Crippen molar-refractivity contribution >= 4 is 47.3 Å². The number of esters is 2. The third-order valence-electron chi connectivity index (χ3n) is 6.30. The zero-order valence-electron chi connectivity index (χ0n) is 24.8. The van der Waals surface area contributed by atoms with Crippen molar-refractivity contribution in [1.82, 2.24) is 10.0 Å². The molecule has 0 bridgehead atoms. The Morgan fingerprint density at radius 2 is 1.20 bits per heavy atom. The van der Waals surface area contributed by atoms with Gasteiger partial charge < -0.3 is 29.2 Å². The van der Waals surface area contributed by atoms with Gasteiger partial charge in [0, 0.05) is 25.2 Å². The SMILES string of the molecule is C=CC(=O)OCC(O)COc1ccc(OCC(O)COC(=O)C=C)c2c1SC(=C1C(=O)N(CCCC)N(CCCC)C1=O)S2. The molecule has 240 valence electrons. The summed E-state index contributed by atoms with van der Waals surface area (Å²) >= 11 is 2.36. The van der Waals surface area contributed by atoms with Gasteiger partial charge in [-0.05, 0) is 25.0 Å². The zero-order valence-corrected chi connectivity index (χ0v) is 26.5. The van der Waals surface area contributed by atoms with Crippen molar-refractivity contribution in [3.63, 3.8) is 0 Å². The van der Waals surface area contributed by atoms with E-state index in [4.69, 9.17) is 18.9 Å². The highest BCUT2D eigenvalue weighted by molar-refractivity contribution is 8.25. The highest BCUT2D eigenvalue weighted by atomic mass is 32.2. The molecule has 0 spiro atoms. The van der Waals surface area contributed by atoms with Crippen LogP contribution in [0.15, 0.2) is 57.0 Å². The zero-order chi connectivity index (χ0) is 32.2. The number of aliphatic hydroxyl groups is 2. The number of hydrogen-bond donors (Lipinski definition) is 2. The minimum Gasteiger partial charge on any atom is -0.490 e. The molecule has 0 saturated carbocycles. The van der Waals surface area contributed by atoms with Gasteiger partial charge in [-0.15, -0.1) is 0 Å². The Hall–Kier alpha value is -3.46. The van der Waals surface area contributed by atoms with E-state index in [0.717, 1.165) is 37.8 Å². The smallest absolute Gasteiger partial charge is 0.330 e. The normalized spacial score (nSPS) is 15.6. The fourth-order valence-corrected chi connectivity index (χ4v) is 6.68. The molecule has 14 heteroatoms. The number of rotatable bonds is 18. The van der Waals surface area contributed by atoms with Crippen LogP contribution in [0.5, 0.6) is 11.5 Å². The van der Waals surface area contributed by atoms with E-state index < -0.39 is 24.1 Å². The van der Waals surface area contributed by atoms with Crippen LogP contribution < -0.4 is 9.47 Å². The summed E-state index contributed by atoms with van der Waals surface area (Å²) in [4.78, 5) is 50.9. The average Bonchev–Trinajstić information content (AvgIpc) is 3.56. The molecule has 1 fully saturated rings. The van der Waals surface area contributed by atoms with Crippen LogP contribution in [0.4, 0.5) is 0 Å². The highest BCUT2D eigenvalue weighted by Gasteiger charge is 2.44. The van der Waals surface area contributed by atoms with Crippen LogP contribution in [0.3, 0.4) is 0 Å². The van der Waals surface area contributed by atoms with Crippen LogP contribution in [0.25, 0.3) is 0 Å². The summed E-state index contributed by atoms with van der Waals surface area (Å²) in [5, 5.41) is 23.5. The molecular weight excluding hydrogens is 612 g/mol. The number of unbranched alkanes of at least 4 members (excludes halogenated alkanes) is 2. The second-order valence-electron chi connectivity index (χ2n) is 9.75. The molecule has 12 nitrogen and oxygen atoms in total. The first-order valence-electron chi connectivity index (χ1n) is 14.3. The van der Waals surface area contributed by atoms with Gasteiger partial charge in [0.25, 0.3) is 11.8 Å². The Morgan fingerprint density at radius 3 is 1.57 bits per heavy atom. The maximum Gasteiger partial charge on any atom is 0.330 e. The molecule has 2 heterocycles. The molecule has 1 aromatic carbocycles. The highest BCUT2D eigenvalue weighted by Crippen LogP contribution is 2.59. The van der Waals surface area contributed by atoms with Crippen molar-refractivity contribution in [2.75, 3.05) is 39.5 Å². The standard InChI is InChI=1S/C30H38N2O10S2/c1-5-9-13-31-28(37)25(29(38)32(31)14-10-6-2)30-43-26-21(39-15-19(33)17-41-23(35)7-3)11-12-22(27(26)44-30)40-16-20(34)18-42-24(36)8-4/h7-8,11-12,19-20,33-34H,3-6,9-10,13-18H2,1-2H3. The summed E-state index contributed by atoms with van der Waals surface area (Å²) < 4.78 is 21.9. The number of thioether (sulfide) groups is 2. The number of benzene rings is 1. The first kappa shape index (κ1) is 35.0. The van der Waals surface area contributed by atoms with Gasteiger partial charge in [0.2, 0.25) is 0 Å². The summed E-state index contributed by atoms with van der Waals surface area (Å²) in [5.41, 5.74) is 0.0630. The van der Waals surface area contributed by atoms with E-state index in [0.29, 0.717) is 38.6 Å². The van der Waals surface area contributed by atoms with E-state index in [2.05, 4.69) is 13.2 Å². The molecule has 2 N–H and O–H groups in total. The van der Waals surface area contributed by atoms with Crippen molar-refractivity contribution in [3.8, 4) is 11.5 Å². The van der Waals surface area contributed by atoms with Crippen molar-refractivity contribution in [3.05, 3.63) is 47.3 Å². The Kier molecular flexibility index (Phi) is 13.6. The quantitative estimate of drug-likeness (QED) is 0.136. The molecule has 0 radical (unpaired) electrons. The van der Waals surface area contributed by atoms with Gasteiger partial charge in [-0.2, -0.15) is 0 Å². The molecular formula is C30H38N2O10S2. The maximum atomic E-state index is 13.6. The van der Waals surface area contributed by atoms with Gasteiger partial charge in [0.1, 0.15) is 55.7 Å². The summed E-state index contributed by atoms with van der Waals surface area (Å²) in [6, 6.07) is 3.20. The number of hydrogen-bond acceptors (Lipinski definition) is 12. The minimum absolute atomic E-state index is 0.0630. The van der Waals surface area contributed by atoms with Crippen molar-refractivity contribution in [2.45, 2.75) is 61.5 Å². The van der Waals surface area contributed by atoms with Crippen molar-refractivity contribution in [2.24, 2.45) is 0 Å². The van der Waals surface area contributed by atoms with E-state index in [1.807, 2.05) is 13.8 Å².